The third-order valence-corrected chi connectivity index (χ3v) is 7.27. The number of esters is 1. The first-order valence-electron chi connectivity index (χ1n) is 11.5. The van der Waals surface area contributed by atoms with E-state index in [1.54, 1.807) is 32.1 Å². The number of rotatable bonds is 6. The highest BCUT2D eigenvalue weighted by Crippen LogP contribution is 2.35. The maximum Gasteiger partial charge on any atom is 0.338 e. The van der Waals surface area contributed by atoms with E-state index >= 15 is 0 Å². The summed E-state index contributed by atoms with van der Waals surface area (Å²) >= 11 is 7.40. The Morgan fingerprint density at radius 2 is 1.97 bits per heavy atom. The number of carbonyl (C=O) groups is 1. The Bertz CT molecular complexity index is 1530. The minimum Gasteiger partial charge on any atom is -0.503 e. The zero-order valence-corrected chi connectivity index (χ0v) is 22.2. The van der Waals surface area contributed by atoms with Crippen molar-refractivity contribution >= 4 is 35.0 Å². The topological polar surface area (TPSA) is 90.1 Å². The Labute approximate surface area is 217 Å². The lowest BCUT2D eigenvalue weighted by atomic mass is 9.93. The number of halogens is 1. The first-order valence-corrected chi connectivity index (χ1v) is 12.7. The van der Waals surface area contributed by atoms with Crippen LogP contribution >= 0.6 is 22.9 Å². The van der Waals surface area contributed by atoms with Crippen molar-refractivity contribution in [1.29, 1.82) is 0 Å². The van der Waals surface area contributed by atoms with Gasteiger partial charge in [0.25, 0.3) is 5.56 Å². The molecule has 188 valence electrons. The molecule has 0 radical (unpaired) electrons. The van der Waals surface area contributed by atoms with Gasteiger partial charge in [-0.15, -0.1) is 0 Å². The molecular weight excluding hydrogens is 500 g/mol. The number of hydrogen-bond donors (Lipinski definition) is 1. The van der Waals surface area contributed by atoms with Gasteiger partial charge in [0, 0.05) is 0 Å². The van der Waals surface area contributed by atoms with Crippen molar-refractivity contribution in [1.82, 2.24) is 4.57 Å². The number of aromatic hydroxyl groups is 1. The molecule has 7 nitrogen and oxygen atoms in total. The number of allylic oxidation sites excluding steroid dienone is 1. The summed E-state index contributed by atoms with van der Waals surface area (Å²) < 4.78 is 12.5. The van der Waals surface area contributed by atoms with Crippen LogP contribution in [-0.2, 0) is 9.53 Å². The molecule has 2 heterocycles. The average molecular weight is 527 g/mol. The predicted octanol–water partition coefficient (Wildman–Crippen LogP) is 4.29. The van der Waals surface area contributed by atoms with E-state index in [-0.39, 0.29) is 22.1 Å². The van der Waals surface area contributed by atoms with Gasteiger partial charge in [0.05, 0.1) is 40.6 Å². The molecule has 9 heteroatoms. The minimum atomic E-state index is -0.681. The SMILES string of the molecule is CCOc1cc(C=c2sc3n(c2=O)[C@@H](c2ccc(C(C)C)cc2)C(C(=O)OC)=C(C)N=3)cc(Cl)c1O. The van der Waals surface area contributed by atoms with Crippen LogP contribution < -0.4 is 19.6 Å². The number of methoxy groups -OCH3 is 1. The summed E-state index contributed by atoms with van der Waals surface area (Å²) in [6.07, 6.45) is 1.67. The second-order valence-electron chi connectivity index (χ2n) is 8.68. The number of fused-ring (bicyclic) bond motifs is 1. The Kier molecular flexibility index (Phi) is 7.38. The molecule has 3 aromatic rings. The number of phenolic OH excluding ortho intramolecular Hbond substituents is 1. The highest BCUT2D eigenvalue weighted by atomic mass is 35.5. The molecule has 1 aliphatic rings. The monoisotopic (exact) mass is 526 g/mol. The zero-order chi connectivity index (χ0) is 26.1. The maximum atomic E-state index is 13.7. The zero-order valence-electron chi connectivity index (χ0n) is 20.7. The summed E-state index contributed by atoms with van der Waals surface area (Å²) in [5, 5.41) is 10.3. The summed E-state index contributed by atoms with van der Waals surface area (Å²) in [6.45, 7) is 8.10. The fourth-order valence-electron chi connectivity index (χ4n) is 4.17. The lowest BCUT2D eigenvalue weighted by Gasteiger charge is -2.24. The number of aromatic nitrogens is 1. The summed E-state index contributed by atoms with van der Waals surface area (Å²) in [4.78, 5) is 31.6. The van der Waals surface area contributed by atoms with Crippen LogP contribution in [0.5, 0.6) is 11.5 Å². The molecule has 0 fully saturated rings. The van der Waals surface area contributed by atoms with Gasteiger partial charge in [-0.25, -0.2) is 9.79 Å². The van der Waals surface area contributed by atoms with E-state index in [9.17, 15) is 14.7 Å². The molecular formula is C27H27ClN2O5S. The number of ether oxygens (including phenoxy) is 2. The first kappa shape index (κ1) is 25.7. The molecule has 0 saturated carbocycles. The standard InChI is InChI=1S/C27H27ClN2O5S/c1-6-35-20-12-16(11-19(28)24(20)31)13-21-25(32)30-23(18-9-7-17(8-10-18)14(2)3)22(26(33)34-5)15(4)29-27(30)36-21/h7-14,23,31H,6H2,1-5H3/t23-/m0/s1. The highest BCUT2D eigenvalue weighted by Gasteiger charge is 2.33. The fourth-order valence-corrected chi connectivity index (χ4v) is 5.43. The largest absolute Gasteiger partial charge is 0.503 e. The van der Waals surface area contributed by atoms with E-state index in [1.807, 2.05) is 24.3 Å². The summed E-state index contributed by atoms with van der Waals surface area (Å²) in [5.74, 6) is -0.108. The van der Waals surface area contributed by atoms with Gasteiger partial charge in [-0.2, -0.15) is 0 Å². The van der Waals surface area contributed by atoms with Crippen LogP contribution in [0.15, 0.2) is 57.5 Å². The summed E-state index contributed by atoms with van der Waals surface area (Å²) in [7, 11) is 1.32. The first-order chi connectivity index (χ1) is 17.2. The predicted molar refractivity (Wildman–Crippen MR) is 141 cm³/mol. The van der Waals surface area contributed by atoms with Crippen molar-refractivity contribution in [2.45, 2.75) is 39.7 Å². The molecule has 2 aromatic carbocycles. The molecule has 0 unspecified atom stereocenters. The molecule has 1 aromatic heterocycles. The van der Waals surface area contributed by atoms with Crippen LogP contribution in [0, 0.1) is 0 Å². The van der Waals surface area contributed by atoms with E-state index in [2.05, 4.69) is 18.8 Å². The van der Waals surface area contributed by atoms with Gasteiger partial charge < -0.3 is 14.6 Å². The fraction of sp³-hybridized carbons (Fsp3) is 0.296. The van der Waals surface area contributed by atoms with E-state index in [1.165, 1.54) is 23.0 Å². The second kappa shape index (κ2) is 10.3. The quantitative estimate of drug-likeness (QED) is 0.484. The molecule has 0 bridgehead atoms. The molecule has 0 saturated heterocycles. The van der Waals surface area contributed by atoms with Gasteiger partial charge in [0.15, 0.2) is 16.3 Å². The lowest BCUT2D eigenvalue weighted by molar-refractivity contribution is -0.136. The number of carbonyl (C=O) groups excluding carboxylic acids is 1. The molecule has 1 N–H and O–H groups in total. The molecule has 0 amide bonds. The third kappa shape index (κ3) is 4.70. The van der Waals surface area contributed by atoms with Gasteiger partial charge in [-0.1, -0.05) is 61.1 Å². The van der Waals surface area contributed by atoms with Gasteiger partial charge in [-0.05, 0) is 54.7 Å². The van der Waals surface area contributed by atoms with Crippen LogP contribution in [0.3, 0.4) is 0 Å². The highest BCUT2D eigenvalue weighted by molar-refractivity contribution is 7.07. The normalized spacial score (nSPS) is 15.6. The van der Waals surface area contributed by atoms with Crippen molar-refractivity contribution in [2.24, 2.45) is 4.99 Å². The minimum absolute atomic E-state index is 0.118. The molecule has 0 spiro atoms. The van der Waals surface area contributed by atoms with Crippen molar-refractivity contribution in [3.63, 3.8) is 0 Å². The Hall–Kier alpha value is -3.36. The Morgan fingerprint density at radius 3 is 2.58 bits per heavy atom. The van der Waals surface area contributed by atoms with E-state index in [4.69, 9.17) is 21.1 Å². The van der Waals surface area contributed by atoms with Gasteiger partial charge in [-0.3, -0.25) is 9.36 Å². The number of phenols is 1. The van der Waals surface area contributed by atoms with Gasteiger partial charge >= 0.3 is 5.97 Å². The maximum absolute atomic E-state index is 13.7. The molecule has 36 heavy (non-hydrogen) atoms. The Morgan fingerprint density at radius 1 is 1.28 bits per heavy atom. The average Bonchev–Trinajstić information content (AvgIpc) is 3.15. The molecule has 1 atom stereocenters. The molecule has 4 rings (SSSR count). The van der Waals surface area contributed by atoms with Crippen molar-refractivity contribution in [2.75, 3.05) is 13.7 Å². The van der Waals surface area contributed by atoms with Crippen LogP contribution in [0.4, 0.5) is 0 Å². The van der Waals surface area contributed by atoms with Crippen molar-refractivity contribution < 1.29 is 19.4 Å². The summed E-state index contributed by atoms with van der Waals surface area (Å²) in [6, 6.07) is 10.4. The number of nitrogens with zero attached hydrogens (tertiary/aromatic N) is 2. The van der Waals surface area contributed by atoms with Gasteiger partial charge in [0.1, 0.15) is 0 Å². The number of benzene rings is 2. The van der Waals surface area contributed by atoms with Crippen LogP contribution in [-0.4, -0.2) is 29.4 Å². The van der Waals surface area contributed by atoms with E-state index in [0.717, 1.165) is 11.1 Å². The number of hydrogen-bond acceptors (Lipinski definition) is 7. The second-order valence-corrected chi connectivity index (χ2v) is 10.1. The van der Waals surface area contributed by atoms with Crippen LogP contribution in [0.25, 0.3) is 6.08 Å². The van der Waals surface area contributed by atoms with E-state index in [0.29, 0.717) is 38.7 Å². The lowest BCUT2D eigenvalue weighted by Crippen LogP contribution is -2.39. The smallest absolute Gasteiger partial charge is 0.338 e. The third-order valence-electron chi connectivity index (χ3n) is 5.99. The Balaban J connectivity index is 1.93. The summed E-state index contributed by atoms with van der Waals surface area (Å²) in [5.41, 5.74) is 3.05. The van der Waals surface area contributed by atoms with Crippen molar-refractivity contribution in [3.05, 3.63) is 89.1 Å². The van der Waals surface area contributed by atoms with E-state index < -0.39 is 12.0 Å². The van der Waals surface area contributed by atoms with Crippen molar-refractivity contribution in [3.8, 4) is 11.5 Å². The van der Waals surface area contributed by atoms with Crippen LogP contribution in [0.1, 0.15) is 56.3 Å². The number of thiazole rings is 1. The molecule has 0 aliphatic carbocycles. The molecule has 1 aliphatic heterocycles. The van der Waals surface area contributed by atoms with Gasteiger partial charge in [0.2, 0.25) is 0 Å². The van der Waals surface area contributed by atoms with Crippen LogP contribution in [0.2, 0.25) is 5.02 Å².